The number of hydrogen-bond donors (Lipinski definition) is 0. The number of carbonyl (C=O) groups excluding carboxylic acids is 2. The fourth-order valence-corrected chi connectivity index (χ4v) is 3.03. The van der Waals surface area contributed by atoms with Gasteiger partial charge >= 0.3 is 5.97 Å². The molecule has 0 saturated carbocycles. The highest BCUT2D eigenvalue weighted by Crippen LogP contribution is 2.40. The molecule has 4 heteroatoms. The molecule has 0 spiro atoms. The predicted octanol–water partition coefficient (Wildman–Crippen LogP) is 3.60. The van der Waals surface area contributed by atoms with E-state index in [4.69, 9.17) is 9.15 Å². The molecule has 0 N–H and O–H groups in total. The number of ketones is 1. The zero-order chi connectivity index (χ0) is 16.2. The number of allylic oxidation sites excluding steroid dienone is 2. The van der Waals surface area contributed by atoms with Gasteiger partial charge in [0.2, 0.25) is 0 Å². The first-order valence-electron chi connectivity index (χ1n) is 7.70. The SMILES string of the molecule is CCOC(=O)[C@@H]1C(=O)C=C(c2ccco2)C[C@@H]1c1ccccc1. The van der Waals surface area contributed by atoms with Crippen molar-refractivity contribution in [3.05, 3.63) is 66.1 Å². The molecule has 0 radical (unpaired) electrons. The van der Waals surface area contributed by atoms with Crippen LogP contribution in [-0.4, -0.2) is 18.4 Å². The van der Waals surface area contributed by atoms with E-state index >= 15 is 0 Å². The van der Waals surface area contributed by atoms with Crippen LogP contribution in [0.4, 0.5) is 0 Å². The molecule has 0 saturated heterocycles. The van der Waals surface area contributed by atoms with Crippen LogP contribution in [0.1, 0.15) is 30.6 Å². The average Bonchev–Trinajstić information content (AvgIpc) is 3.09. The van der Waals surface area contributed by atoms with Crippen LogP contribution in [0, 0.1) is 5.92 Å². The number of ether oxygens (including phenoxy) is 1. The average molecular weight is 310 g/mol. The zero-order valence-corrected chi connectivity index (χ0v) is 12.9. The van der Waals surface area contributed by atoms with E-state index in [1.807, 2.05) is 36.4 Å². The lowest BCUT2D eigenvalue weighted by Gasteiger charge is -2.28. The molecule has 1 aliphatic carbocycles. The molecule has 2 aromatic rings. The van der Waals surface area contributed by atoms with Gasteiger partial charge in [-0.25, -0.2) is 0 Å². The Morgan fingerprint density at radius 1 is 1.22 bits per heavy atom. The van der Waals surface area contributed by atoms with Crippen LogP contribution in [-0.2, 0) is 14.3 Å². The molecule has 0 fully saturated rings. The van der Waals surface area contributed by atoms with Crippen molar-refractivity contribution in [2.45, 2.75) is 19.3 Å². The molecule has 1 aliphatic rings. The Bertz CT molecular complexity index is 713. The minimum atomic E-state index is -0.795. The second-order valence-electron chi connectivity index (χ2n) is 5.50. The molecule has 118 valence electrons. The lowest BCUT2D eigenvalue weighted by Crippen LogP contribution is -2.33. The molecule has 0 aliphatic heterocycles. The Morgan fingerprint density at radius 2 is 2.00 bits per heavy atom. The summed E-state index contributed by atoms with van der Waals surface area (Å²) in [5, 5.41) is 0. The first kappa shape index (κ1) is 15.3. The van der Waals surface area contributed by atoms with Crippen LogP contribution in [0.3, 0.4) is 0 Å². The molecule has 2 atom stereocenters. The van der Waals surface area contributed by atoms with E-state index in [9.17, 15) is 9.59 Å². The maximum atomic E-state index is 12.6. The lowest BCUT2D eigenvalue weighted by atomic mass is 9.74. The van der Waals surface area contributed by atoms with Crippen molar-refractivity contribution in [1.82, 2.24) is 0 Å². The van der Waals surface area contributed by atoms with E-state index < -0.39 is 11.9 Å². The largest absolute Gasteiger partial charge is 0.465 e. The van der Waals surface area contributed by atoms with Gasteiger partial charge in [0.1, 0.15) is 11.7 Å². The smallest absolute Gasteiger partial charge is 0.317 e. The van der Waals surface area contributed by atoms with Crippen molar-refractivity contribution in [1.29, 1.82) is 0 Å². The summed E-state index contributed by atoms with van der Waals surface area (Å²) in [4.78, 5) is 24.9. The summed E-state index contributed by atoms with van der Waals surface area (Å²) in [6.45, 7) is 2.01. The second-order valence-corrected chi connectivity index (χ2v) is 5.50. The highest BCUT2D eigenvalue weighted by Gasteiger charge is 2.40. The minimum absolute atomic E-state index is 0.227. The quantitative estimate of drug-likeness (QED) is 0.639. The van der Waals surface area contributed by atoms with E-state index in [2.05, 4.69) is 0 Å². The standard InChI is InChI=1S/C19H18O4/c1-2-22-19(21)18-15(13-7-4-3-5-8-13)11-14(12-16(18)20)17-9-6-10-23-17/h3-10,12,15,18H,2,11H2,1H3/t15-,18+/m1/s1. The molecule has 1 aromatic carbocycles. The second kappa shape index (κ2) is 6.65. The monoisotopic (exact) mass is 310 g/mol. The third-order valence-corrected chi connectivity index (χ3v) is 4.07. The molecule has 23 heavy (non-hydrogen) atoms. The van der Waals surface area contributed by atoms with Gasteiger partial charge < -0.3 is 9.15 Å². The van der Waals surface area contributed by atoms with Gasteiger partial charge in [-0.1, -0.05) is 30.3 Å². The Balaban J connectivity index is 2.00. The van der Waals surface area contributed by atoms with Crippen molar-refractivity contribution >= 4 is 17.3 Å². The summed E-state index contributed by atoms with van der Waals surface area (Å²) in [6, 6.07) is 13.2. The molecule has 1 heterocycles. The molecule has 0 bridgehead atoms. The van der Waals surface area contributed by atoms with E-state index in [0.29, 0.717) is 12.2 Å². The van der Waals surface area contributed by atoms with Crippen molar-refractivity contribution in [2.75, 3.05) is 6.61 Å². The van der Waals surface area contributed by atoms with E-state index in [0.717, 1.165) is 11.1 Å². The fraction of sp³-hybridized carbons (Fsp3) is 0.263. The van der Waals surface area contributed by atoms with Crippen LogP contribution in [0.2, 0.25) is 0 Å². The fourth-order valence-electron chi connectivity index (χ4n) is 3.03. The maximum absolute atomic E-state index is 12.6. The van der Waals surface area contributed by atoms with Crippen LogP contribution in [0.25, 0.3) is 5.57 Å². The van der Waals surface area contributed by atoms with E-state index in [-0.39, 0.29) is 18.3 Å². The number of esters is 1. The van der Waals surface area contributed by atoms with Crippen LogP contribution < -0.4 is 0 Å². The first-order chi connectivity index (χ1) is 11.2. The van der Waals surface area contributed by atoms with Crippen molar-refractivity contribution in [2.24, 2.45) is 5.92 Å². The topological polar surface area (TPSA) is 56.5 Å². The van der Waals surface area contributed by atoms with Crippen LogP contribution in [0.15, 0.2) is 59.2 Å². The number of carbonyl (C=O) groups is 2. The molecule has 0 amide bonds. The highest BCUT2D eigenvalue weighted by molar-refractivity contribution is 6.10. The minimum Gasteiger partial charge on any atom is -0.465 e. The zero-order valence-electron chi connectivity index (χ0n) is 12.9. The number of benzene rings is 1. The number of rotatable bonds is 4. The third kappa shape index (κ3) is 3.11. The normalized spacial score (nSPS) is 20.9. The summed E-state index contributed by atoms with van der Waals surface area (Å²) in [5.41, 5.74) is 1.77. The molecular formula is C19H18O4. The number of furan rings is 1. The van der Waals surface area contributed by atoms with Gasteiger partial charge in [-0.05, 0) is 42.7 Å². The van der Waals surface area contributed by atoms with Gasteiger partial charge in [0.15, 0.2) is 5.78 Å². The van der Waals surface area contributed by atoms with Crippen molar-refractivity contribution in [3.63, 3.8) is 0 Å². The molecule has 3 rings (SSSR count). The Morgan fingerprint density at radius 3 is 2.65 bits per heavy atom. The van der Waals surface area contributed by atoms with Crippen LogP contribution in [0.5, 0.6) is 0 Å². The predicted molar refractivity (Wildman–Crippen MR) is 85.6 cm³/mol. The summed E-state index contributed by atoms with van der Waals surface area (Å²) in [6.07, 6.45) is 3.65. The summed E-state index contributed by atoms with van der Waals surface area (Å²) < 4.78 is 10.5. The summed E-state index contributed by atoms with van der Waals surface area (Å²) >= 11 is 0. The molecule has 1 aromatic heterocycles. The van der Waals surface area contributed by atoms with Gasteiger partial charge in [-0.15, -0.1) is 0 Å². The third-order valence-electron chi connectivity index (χ3n) is 4.07. The van der Waals surface area contributed by atoms with Crippen molar-refractivity contribution in [3.8, 4) is 0 Å². The lowest BCUT2D eigenvalue weighted by molar-refractivity contribution is -0.151. The van der Waals surface area contributed by atoms with Gasteiger partial charge in [0.05, 0.1) is 12.9 Å². The maximum Gasteiger partial charge on any atom is 0.317 e. The Labute approximate surface area is 134 Å². The van der Waals surface area contributed by atoms with Crippen molar-refractivity contribution < 1.29 is 18.7 Å². The molecular weight excluding hydrogens is 292 g/mol. The number of hydrogen-bond acceptors (Lipinski definition) is 4. The summed E-state index contributed by atoms with van der Waals surface area (Å²) in [5.74, 6) is -1.05. The van der Waals surface area contributed by atoms with E-state index in [1.165, 1.54) is 6.08 Å². The molecule has 0 unspecified atom stereocenters. The van der Waals surface area contributed by atoms with Gasteiger partial charge in [-0.3, -0.25) is 9.59 Å². The van der Waals surface area contributed by atoms with E-state index in [1.54, 1.807) is 19.3 Å². The Hall–Kier alpha value is -2.62. The van der Waals surface area contributed by atoms with Gasteiger partial charge in [-0.2, -0.15) is 0 Å². The Kier molecular flexibility index (Phi) is 4.42. The van der Waals surface area contributed by atoms with Gasteiger partial charge in [0, 0.05) is 5.92 Å². The summed E-state index contributed by atoms with van der Waals surface area (Å²) in [7, 11) is 0. The van der Waals surface area contributed by atoms with Gasteiger partial charge in [0.25, 0.3) is 0 Å². The van der Waals surface area contributed by atoms with Crippen LogP contribution >= 0.6 is 0 Å². The molecule has 4 nitrogen and oxygen atoms in total. The first-order valence-corrected chi connectivity index (χ1v) is 7.70. The highest BCUT2D eigenvalue weighted by atomic mass is 16.5.